The maximum absolute atomic E-state index is 8.36. The van der Waals surface area contributed by atoms with Gasteiger partial charge in [0.15, 0.2) is 0 Å². The quantitative estimate of drug-likeness (QED) is 0.562. The van der Waals surface area contributed by atoms with E-state index in [1.165, 1.54) is 39.0 Å². The molecule has 0 atom stereocenters. The third-order valence-electron chi connectivity index (χ3n) is 5.19. The van der Waals surface area contributed by atoms with Crippen molar-refractivity contribution in [2.24, 2.45) is 0 Å². The van der Waals surface area contributed by atoms with Crippen molar-refractivity contribution < 1.29 is 14.6 Å². The Labute approximate surface area is 209 Å². The molecule has 1 aliphatic carbocycles. The molecular weight excluding hydrogens is 416 g/mol. The van der Waals surface area contributed by atoms with E-state index in [-0.39, 0.29) is 36.2 Å². The number of carboxylic acid groups (broad SMARTS) is 1. The van der Waals surface area contributed by atoms with E-state index in [2.05, 4.69) is 68.6 Å². The second-order valence-electron chi connectivity index (χ2n) is 8.88. The van der Waals surface area contributed by atoms with Gasteiger partial charge in [0.05, 0.1) is 13.2 Å². The van der Waals surface area contributed by atoms with Gasteiger partial charge in [-0.05, 0) is 47.6 Å². The van der Waals surface area contributed by atoms with Gasteiger partial charge in [-0.1, -0.05) is 43.6 Å². The highest BCUT2D eigenvalue weighted by molar-refractivity contribution is 5.32. The first-order valence-electron chi connectivity index (χ1n) is 11.3. The van der Waals surface area contributed by atoms with Gasteiger partial charge in [-0.3, -0.25) is 14.6 Å². The number of piperazine rings is 1. The molecule has 33 heavy (non-hydrogen) atoms. The number of hydrogen-bond donors (Lipinski definition) is 2. The normalized spacial score (nSPS) is 18.4. The molecule has 3 fully saturated rings. The summed E-state index contributed by atoms with van der Waals surface area (Å²) in [7, 11) is 2.19. The van der Waals surface area contributed by atoms with Crippen LogP contribution < -0.4 is 5.32 Å². The zero-order valence-corrected chi connectivity index (χ0v) is 20.1. The van der Waals surface area contributed by atoms with Gasteiger partial charge in [0.25, 0.3) is 6.47 Å². The maximum atomic E-state index is 8.36. The Morgan fingerprint density at radius 3 is 1.39 bits per heavy atom. The summed E-state index contributed by atoms with van der Waals surface area (Å²) in [5, 5.41) is 10.3. The van der Waals surface area contributed by atoms with Gasteiger partial charge in [0.1, 0.15) is 0 Å². The van der Waals surface area contributed by atoms with E-state index in [1.54, 1.807) is 0 Å². The van der Waals surface area contributed by atoms with E-state index in [1.807, 2.05) is 0 Å². The van der Waals surface area contributed by atoms with E-state index >= 15 is 0 Å². The largest absolute Gasteiger partial charge is 0.483 e. The lowest BCUT2D eigenvalue weighted by Gasteiger charge is -2.34. The summed E-state index contributed by atoms with van der Waals surface area (Å²) in [6.07, 6.45) is 2.80. The van der Waals surface area contributed by atoms with Crippen LogP contribution in [0.3, 0.4) is 0 Å². The Hall–Kier alpha value is -0.730. The van der Waals surface area contributed by atoms with Crippen molar-refractivity contribution in [1.29, 1.82) is 0 Å². The number of rotatable bonds is 4. The minimum Gasteiger partial charge on any atom is -0.483 e. The third-order valence-corrected chi connectivity index (χ3v) is 5.19. The van der Waals surface area contributed by atoms with Crippen molar-refractivity contribution in [1.82, 2.24) is 20.0 Å². The molecule has 0 amide bonds. The minimum atomic E-state index is -0.250. The Morgan fingerprint density at radius 1 is 0.788 bits per heavy atom. The molecule has 0 aromatic rings. The van der Waals surface area contributed by atoms with Crippen LogP contribution >= 0.6 is 0 Å². The summed E-state index contributed by atoms with van der Waals surface area (Å²) in [4.78, 5) is 15.7. The van der Waals surface area contributed by atoms with Gasteiger partial charge in [-0.15, -0.1) is 0 Å². The highest BCUT2D eigenvalue weighted by atomic mass is 16.5. The van der Waals surface area contributed by atoms with E-state index < -0.39 is 0 Å². The van der Waals surface area contributed by atoms with Crippen LogP contribution in [0.1, 0.15) is 84.1 Å². The number of ether oxygens (including phenoxy) is 1. The van der Waals surface area contributed by atoms with Crippen molar-refractivity contribution in [3.63, 3.8) is 0 Å². The fourth-order valence-corrected chi connectivity index (χ4v) is 3.15. The van der Waals surface area contributed by atoms with Gasteiger partial charge in [-0.2, -0.15) is 0 Å². The molecule has 2 aliphatic heterocycles. The summed E-state index contributed by atoms with van der Waals surface area (Å²) < 4.78 is 5.21. The Balaban J connectivity index is -0.000000107. The lowest BCUT2D eigenvalue weighted by atomic mass is 10.2. The Kier molecular flexibility index (Phi) is 33.3. The molecule has 0 radical (unpaired) electrons. The first-order valence-corrected chi connectivity index (χ1v) is 11.3. The molecule has 0 aromatic carbocycles. The van der Waals surface area contributed by atoms with E-state index in [9.17, 15) is 0 Å². The van der Waals surface area contributed by atoms with E-state index in [4.69, 9.17) is 14.6 Å². The molecule has 2 N–H and O–H groups in total. The van der Waals surface area contributed by atoms with Crippen LogP contribution in [0, 0.1) is 0 Å². The average Bonchev–Trinajstić information content (AvgIpc) is 3.48. The number of hydrogen-bond acceptors (Lipinski definition) is 6. The molecule has 3 aliphatic rings. The topological polar surface area (TPSA) is 68.3 Å². The van der Waals surface area contributed by atoms with Crippen molar-refractivity contribution in [2.45, 2.75) is 108 Å². The van der Waals surface area contributed by atoms with Crippen molar-refractivity contribution in [2.75, 3.05) is 59.5 Å². The smallest absolute Gasteiger partial charge is 0.290 e. The number of carbonyl (C=O) groups is 1. The zero-order valence-electron chi connectivity index (χ0n) is 20.1. The van der Waals surface area contributed by atoms with Crippen molar-refractivity contribution in [3.8, 4) is 0 Å². The number of nitrogens with zero attached hydrogens (tertiary/aromatic N) is 3. The lowest BCUT2D eigenvalue weighted by molar-refractivity contribution is -0.122. The van der Waals surface area contributed by atoms with Crippen LogP contribution in [0.4, 0.5) is 0 Å². The fourth-order valence-electron chi connectivity index (χ4n) is 3.15. The molecule has 0 unspecified atom stereocenters. The first-order chi connectivity index (χ1) is 13.7. The van der Waals surface area contributed by atoms with E-state index in [0.29, 0.717) is 12.1 Å². The standard InChI is InChI=1S/C8H18N2.C7H15NO.C6H13N.CH2O2.4CH4/c1-8(2)10-6-4-9(3)5-7-10;1-7(2)8-3-5-9-6-4-8;1-5(2)7-6-3-4-6;2-1-3;;;;/h8H,4-7H2,1-3H3;7H,3-6H2,1-2H3;5-7H,3-4H2,1-2H3;1H,(H,2,3);4*1H4. The van der Waals surface area contributed by atoms with Gasteiger partial charge in [-0.25, -0.2) is 0 Å². The van der Waals surface area contributed by atoms with Gasteiger partial charge >= 0.3 is 0 Å². The second-order valence-corrected chi connectivity index (χ2v) is 8.88. The molecule has 0 aromatic heterocycles. The van der Waals surface area contributed by atoms with Crippen molar-refractivity contribution in [3.05, 3.63) is 0 Å². The van der Waals surface area contributed by atoms with Crippen LogP contribution in [0.5, 0.6) is 0 Å². The second kappa shape index (κ2) is 25.9. The number of nitrogens with one attached hydrogen (secondary N) is 1. The summed E-state index contributed by atoms with van der Waals surface area (Å²) >= 11 is 0. The number of morpholine rings is 1. The average molecular weight is 481 g/mol. The van der Waals surface area contributed by atoms with Crippen LogP contribution in [-0.4, -0.2) is 110 Å². The molecule has 2 saturated heterocycles. The first kappa shape index (κ1) is 42.4. The van der Waals surface area contributed by atoms with Gasteiger partial charge < -0.3 is 20.1 Å². The maximum Gasteiger partial charge on any atom is 0.290 e. The molecule has 3 rings (SSSR count). The summed E-state index contributed by atoms with van der Waals surface area (Å²) in [6.45, 7) is 22.1. The molecule has 2 heterocycles. The molecule has 0 spiro atoms. The Bertz CT molecular complexity index is 378. The monoisotopic (exact) mass is 480 g/mol. The summed E-state index contributed by atoms with van der Waals surface area (Å²) in [6, 6.07) is 2.98. The summed E-state index contributed by atoms with van der Waals surface area (Å²) in [5.41, 5.74) is 0. The van der Waals surface area contributed by atoms with Gasteiger partial charge in [0.2, 0.25) is 0 Å². The Morgan fingerprint density at radius 2 is 1.15 bits per heavy atom. The number of likely N-dealkylation sites (N-methyl/N-ethyl adjacent to an activating group) is 1. The zero-order chi connectivity index (χ0) is 22.2. The molecule has 206 valence electrons. The summed E-state index contributed by atoms with van der Waals surface area (Å²) in [5.74, 6) is 0. The molecule has 7 nitrogen and oxygen atoms in total. The SMILES string of the molecule is C.C.C.C.CC(C)N1CCN(C)CC1.CC(C)N1CCOCC1.CC(C)NC1CC1.O=CO. The highest BCUT2D eigenvalue weighted by Crippen LogP contribution is 2.18. The van der Waals surface area contributed by atoms with E-state index in [0.717, 1.165) is 38.4 Å². The lowest BCUT2D eigenvalue weighted by Crippen LogP contribution is -2.47. The highest BCUT2D eigenvalue weighted by Gasteiger charge is 2.20. The van der Waals surface area contributed by atoms with Crippen LogP contribution in [-0.2, 0) is 9.53 Å². The molecule has 7 heteroatoms. The molecular formula is C26H64N4O3. The third kappa shape index (κ3) is 25.7. The van der Waals surface area contributed by atoms with Crippen LogP contribution in [0.15, 0.2) is 0 Å². The van der Waals surface area contributed by atoms with Crippen LogP contribution in [0.25, 0.3) is 0 Å². The fraction of sp³-hybridized carbons (Fsp3) is 0.962. The van der Waals surface area contributed by atoms with Crippen LogP contribution in [0.2, 0.25) is 0 Å². The minimum absolute atomic E-state index is 0. The predicted octanol–water partition coefficient (Wildman–Crippen LogP) is 4.76. The van der Waals surface area contributed by atoms with Crippen molar-refractivity contribution >= 4 is 6.47 Å². The molecule has 1 saturated carbocycles. The predicted molar refractivity (Wildman–Crippen MR) is 149 cm³/mol. The van der Waals surface area contributed by atoms with Gasteiger partial charge in [0, 0.05) is 63.4 Å². The molecule has 0 bridgehead atoms.